The highest BCUT2D eigenvalue weighted by atomic mass is 16.5. The Morgan fingerprint density at radius 1 is 1.00 bits per heavy atom. The highest BCUT2D eigenvalue weighted by molar-refractivity contribution is 5.79. The molecule has 6 heteroatoms. The smallest absolute Gasteiger partial charge is 0.248 e. The second-order valence-electron chi connectivity index (χ2n) is 7.26. The highest BCUT2D eigenvalue weighted by Crippen LogP contribution is 2.19. The van der Waals surface area contributed by atoms with Crippen LogP contribution in [0.2, 0.25) is 0 Å². The number of piperazine rings is 1. The molecule has 29 heavy (non-hydrogen) atoms. The van der Waals surface area contributed by atoms with Crippen LogP contribution in [0.1, 0.15) is 12.0 Å². The minimum Gasteiger partial charge on any atom is -0.494 e. The van der Waals surface area contributed by atoms with Crippen molar-refractivity contribution in [3.05, 3.63) is 70.5 Å². The maximum atomic E-state index is 11.4. The second kappa shape index (κ2) is 8.80. The zero-order valence-electron chi connectivity index (χ0n) is 16.3. The Morgan fingerprint density at radius 3 is 2.55 bits per heavy atom. The Balaban J connectivity index is 1.20. The average Bonchev–Trinajstić information content (AvgIpc) is 2.77. The average molecular weight is 388 g/mol. The summed E-state index contributed by atoms with van der Waals surface area (Å²) in [7, 11) is 0. The van der Waals surface area contributed by atoms with Gasteiger partial charge in [0.2, 0.25) is 5.56 Å². The lowest BCUT2D eigenvalue weighted by Crippen LogP contribution is -2.46. The minimum atomic E-state index is -0.0922. The number of nitrogens with one attached hydrogen (secondary N) is 1. The van der Waals surface area contributed by atoms with Crippen molar-refractivity contribution >= 4 is 16.6 Å². The number of nitrogens with zero attached hydrogens (tertiary/aromatic N) is 3. The van der Waals surface area contributed by atoms with Crippen molar-refractivity contribution in [2.24, 2.45) is 0 Å². The summed E-state index contributed by atoms with van der Waals surface area (Å²) < 4.78 is 5.89. The van der Waals surface area contributed by atoms with E-state index in [1.54, 1.807) is 0 Å². The van der Waals surface area contributed by atoms with Crippen LogP contribution in [0.3, 0.4) is 0 Å². The van der Waals surface area contributed by atoms with Gasteiger partial charge in [-0.1, -0.05) is 0 Å². The standard InChI is InChI=1S/C23H24N4O2/c24-17-18-2-5-20(6-3-18)27-13-11-26(12-14-27)10-1-15-29-21-7-8-22-19(16-21)4-9-23(28)25-22/h2-9,16H,1,10-15H2,(H,25,28). The summed E-state index contributed by atoms with van der Waals surface area (Å²) in [6.07, 6.45) is 0.973. The molecule has 0 saturated carbocycles. The van der Waals surface area contributed by atoms with Crippen molar-refractivity contribution < 1.29 is 4.74 Å². The van der Waals surface area contributed by atoms with Crippen LogP contribution in [-0.4, -0.2) is 49.2 Å². The topological polar surface area (TPSA) is 72.4 Å². The van der Waals surface area contributed by atoms with Crippen LogP contribution in [0, 0.1) is 11.3 Å². The molecule has 0 atom stereocenters. The number of pyridine rings is 1. The van der Waals surface area contributed by atoms with E-state index in [-0.39, 0.29) is 5.56 Å². The normalized spacial score (nSPS) is 14.7. The third-order valence-electron chi connectivity index (χ3n) is 5.32. The summed E-state index contributed by atoms with van der Waals surface area (Å²) in [5, 5.41) is 9.89. The molecule has 0 spiro atoms. The lowest BCUT2D eigenvalue weighted by molar-refractivity contribution is 0.225. The first kappa shape index (κ1) is 19.0. The number of aromatic amines is 1. The quantitative estimate of drug-likeness (QED) is 0.657. The number of anilines is 1. The van der Waals surface area contributed by atoms with Gasteiger partial charge in [0.05, 0.1) is 18.2 Å². The summed E-state index contributed by atoms with van der Waals surface area (Å²) in [5.41, 5.74) is 2.62. The molecule has 0 aliphatic carbocycles. The van der Waals surface area contributed by atoms with Crippen molar-refractivity contribution in [1.29, 1.82) is 5.26 Å². The first-order valence-electron chi connectivity index (χ1n) is 9.95. The van der Waals surface area contributed by atoms with E-state index in [1.807, 2.05) is 48.5 Å². The molecule has 1 fully saturated rings. The van der Waals surface area contributed by atoms with Gasteiger partial charge < -0.3 is 14.6 Å². The number of H-pyrrole nitrogens is 1. The summed E-state index contributed by atoms with van der Waals surface area (Å²) in [6, 6.07) is 19.1. The Morgan fingerprint density at radius 2 is 1.79 bits per heavy atom. The van der Waals surface area contributed by atoms with E-state index in [9.17, 15) is 4.79 Å². The third kappa shape index (κ3) is 4.76. The van der Waals surface area contributed by atoms with Crippen LogP contribution in [0.15, 0.2) is 59.4 Å². The first-order valence-corrected chi connectivity index (χ1v) is 9.95. The van der Waals surface area contributed by atoms with Crippen molar-refractivity contribution in [2.75, 3.05) is 44.2 Å². The molecule has 0 bridgehead atoms. The maximum absolute atomic E-state index is 11.4. The van der Waals surface area contributed by atoms with Crippen LogP contribution >= 0.6 is 0 Å². The van der Waals surface area contributed by atoms with E-state index in [0.717, 1.165) is 55.8 Å². The Bertz CT molecular complexity index is 1060. The molecular formula is C23H24N4O2. The number of benzene rings is 2. The first-order chi connectivity index (χ1) is 14.2. The molecule has 2 aromatic carbocycles. The molecule has 1 aromatic heterocycles. The third-order valence-corrected chi connectivity index (χ3v) is 5.32. The molecule has 2 heterocycles. The molecule has 6 nitrogen and oxygen atoms in total. The molecule has 1 aliphatic heterocycles. The lowest BCUT2D eigenvalue weighted by Gasteiger charge is -2.36. The summed E-state index contributed by atoms with van der Waals surface area (Å²) in [6.45, 7) is 5.74. The number of hydrogen-bond acceptors (Lipinski definition) is 5. The van der Waals surface area contributed by atoms with Gasteiger partial charge in [0.1, 0.15) is 5.75 Å². The van der Waals surface area contributed by atoms with Gasteiger partial charge >= 0.3 is 0 Å². The van der Waals surface area contributed by atoms with Crippen molar-refractivity contribution in [3.8, 4) is 11.8 Å². The Hall–Kier alpha value is -3.30. The zero-order chi connectivity index (χ0) is 20.1. The summed E-state index contributed by atoms with van der Waals surface area (Å²) in [5.74, 6) is 0.829. The van der Waals surface area contributed by atoms with E-state index in [0.29, 0.717) is 12.2 Å². The number of ether oxygens (including phenoxy) is 1. The highest BCUT2D eigenvalue weighted by Gasteiger charge is 2.16. The van der Waals surface area contributed by atoms with Crippen LogP contribution in [0.4, 0.5) is 5.69 Å². The van der Waals surface area contributed by atoms with Crippen molar-refractivity contribution in [1.82, 2.24) is 9.88 Å². The minimum absolute atomic E-state index is 0.0922. The number of rotatable bonds is 6. The molecule has 0 amide bonds. The van der Waals surface area contributed by atoms with E-state index < -0.39 is 0 Å². The van der Waals surface area contributed by atoms with Gasteiger partial charge in [-0.25, -0.2) is 0 Å². The SMILES string of the molecule is N#Cc1ccc(N2CCN(CCCOc3ccc4[nH]c(=O)ccc4c3)CC2)cc1. The van der Waals surface area contributed by atoms with Crippen LogP contribution in [0.5, 0.6) is 5.75 Å². The molecule has 1 aliphatic rings. The zero-order valence-corrected chi connectivity index (χ0v) is 16.3. The Labute approximate surface area is 169 Å². The largest absolute Gasteiger partial charge is 0.494 e. The predicted octanol–water partition coefficient (Wildman–Crippen LogP) is 2.99. The molecule has 3 aromatic rings. The van der Waals surface area contributed by atoms with E-state index >= 15 is 0 Å². The number of fused-ring (bicyclic) bond motifs is 1. The van der Waals surface area contributed by atoms with Crippen molar-refractivity contribution in [2.45, 2.75) is 6.42 Å². The molecule has 0 radical (unpaired) electrons. The van der Waals surface area contributed by atoms with Gasteiger partial charge in [0.25, 0.3) is 0 Å². The molecule has 4 rings (SSSR count). The maximum Gasteiger partial charge on any atom is 0.248 e. The van der Waals surface area contributed by atoms with Gasteiger partial charge in [0, 0.05) is 55.4 Å². The van der Waals surface area contributed by atoms with Crippen LogP contribution < -0.4 is 15.2 Å². The Kier molecular flexibility index (Phi) is 5.78. The monoisotopic (exact) mass is 388 g/mol. The van der Waals surface area contributed by atoms with Gasteiger partial charge in [-0.05, 0) is 55.0 Å². The number of hydrogen-bond donors (Lipinski definition) is 1. The van der Waals surface area contributed by atoms with E-state index in [1.165, 1.54) is 11.8 Å². The van der Waals surface area contributed by atoms with Gasteiger partial charge in [-0.3, -0.25) is 9.69 Å². The molecule has 1 saturated heterocycles. The summed E-state index contributed by atoms with van der Waals surface area (Å²) >= 11 is 0. The summed E-state index contributed by atoms with van der Waals surface area (Å²) in [4.78, 5) is 19.0. The van der Waals surface area contributed by atoms with E-state index in [4.69, 9.17) is 10.00 Å². The predicted molar refractivity (Wildman–Crippen MR) is 114 cm³/mol. The second-order valence-corrected chi connectivity index (χ2v) is 7.26. The molecular weight excluding hydrogens is 364 g/mol. The number of aromatic nitrogens is 1. The fourth-order valence-corrected chi connectivity index (χ4v) is 3.68. The molecule has 148 valence electrons. The fourth-order valence-electron chi connectivity index (χ4n) is 3.68. The molecule has 1 N–H and O–H groups in total. The van der Waals surface area contributed by atoms with Gasteiger partial charge in [-0.2, -0.15) is 5.26 Å². The van der Waals surface area contributed by atoms with Gasteiger partial charge in [0.15, 0.2) is 0 Å². The lowest BCUT2D eigenvalue weighted by atomic mass is 10.2. The van der Waals surface area contributed by atoms with Crippen molar-refractivity contribution in [3.63, 3.8) is 0 Å². The number of nitriles is 1. The molecule has 0 unspecified atom stereocenters. The van der Waals surface area contributed by atoms with Crippen LogP contribution in [0.25, 0.3) is 10.9 Å². The fraction of sp³-hybridized carbons (Fsp3) is 0.304. The van der Waals surface area contributed by atoms with E-state index in [2.05, 4.69) is 20.9 Å². The van der Waals surface area contributed by atoms with Gasteiger partial charge in [-0.15, -0.1) is 0 Å². The van der Waals surface area contributed by atoms with Crippen LogP contribution in [-0.2, 0) is 0 Å².